The summed E-state index contributed by atoms with van der Waals surface area (Å²) in [6, 6.07) is 13.1. The topological polar surface area (TPSA) is 66.9 Å². The third-order valence-electron chi connectivity index (χ3n) is 4.74. The van der Waals surface area contributed by atoms with Crippen molar-refractivity contribution < 1.29 is 28.1 Å². The number of halogens is 1. The molecule has 0 aliphatic rings. The smallest absolute Gasteiger partial charge is 0.303 e. The molecular weight excluding hydrogens is 401 g/mol. The minimum absolute atomic E-state index is 0.0838. The van der Waals surface area contributed by atoms with Gasteiger partial charge in [0.2, 0.25) is 0 Å². The highest BCUT2D eigenvalue weighted by atomic mass is 19.1. The Bertz CT molecular complexity index is 1050. The molecule has 1 unspecified atom stereocenters. The number of methoxy groups -OCH3 is 2. The first-order valence-corrected chi connectivity index (χ1v) is 9.93. The van der Waals surface area contributed by atoms with E-state index in [4.69, 9.17) is 23.9 Å². The van der Waals surface area contributed by atoms with Crippen LogP contribution in [0.15, 0.2) is 42.5 Å². The van der Waals surface area contributed by atoms with E-state index in [1.165, 1.54) is 6.92 Å². The van der Waals surface area contributed by atoms with Crippen LogP contribution >= 0.6 is 0 Å². The molecule has 1 atom stereocenters. The molecule has 0 saturated carbocycles. The maximum atomic E-state index is 12.7. The van der Waals surface area contributed by atoms with Crippen LogP contribution < -0.4 is 14.2 Å². The molecule has 0 bridgehead atoms. The molecular formula is C24H26FNO5. The fourth-order valence-corrected chi connectivity index (χ4v) is 3.24. The number of carbonyl (C=O) groups excluding carboxylic acids is 1. The van der Waals surface area contributed by atoms with Gasteiger partial charge in [0, 0.05) is 18.7 Å². The van der Waals surface area contributed by atoms with E-state index in [0.717, 1.165) is 22.0 Å². The van der Waals surface area contributed by atoms with E-state index in [9.17, 15) is 9.18 Å². The molecule has 0 fully saturated rings. The highest BCUT2D eigenvalue weighted by Crippen LogP contribution is 2.34. The van der Waals surface area contributed by atoms with E-state index in [1.807, 2.05) is 42.5 Å². The zero-order chi connectivity index (χ0) is 22.4. The minimum atomic E-state index is -0.544. The van der Waals surface area contributed by atoms with Crippen LogP contribution in [0.2, 0.25) is 0 Å². The summed E-state index contributed by atoms with van der Waals surface area (Å²) in [4.78, 5) is 16.0. The standard InChI is InChI=1S/C24H26FNO5/c1-15(13-25)31-20-7-5-17(6-8-20)9-22-21-12-24(29-4)23(28-3)11-18(21)10-19(26-22)14-30-16(2)27/h5-8,10-12,15H,9,13-14H2,1-4H3. The number of pyridine rings is 1. The molecule has 0 spiro atoms. The number of alkyl halides is 1. The van der Waals surface area contributed by atoms with Crippen LogP contribution in [-0.4, -0.2) is 38.0 Å². The van der Waals surface area contributed by atoms with Crippen molar-refractivity contribution in [1.29, 1.82) is 0 Å². The van der Waals surface area contributed by atoms with Crippen LogP contribution in [0.25, 0.3) is 10.8 Å². The number of esters is 1. The summed E-state index contributed by atoms with van der Waals surface area (Å²) in [6.45, 7) is 2.59. The van der Waals surface area contributed by atoms with Crippen molar-refractivity contribution in [2.75, 3.05) is 20.9 Å². The molecule has 0 amide bonds. The number of carbonyl (C=O) groups is 1. The van der Waals surface area contributed by atoms with Gasteiger partial charge in [0.1, 0.15) is 25.1 Å². The summed E-state index contributed by atoms with van der Waals surface area (Å²) in [6.07, 6.45) is 0.0515. The molecule has 0 radical (unpaired) electrons. The average molecular weight is 427 g/mol. The van der Waals surface area contributed by atoms with Crippen molar-refractivity contribution in [2.45, 2.75) is 33.0 Å². The molecule has 2 aromatic carbocycles. The van der Waals surface area contributed by atoms with Crippen LogP contribution in [-0.2, 0) is 22.6 Å². The van der Waals surface area contributed by atoms with E-state index >= 15 is 0 Å². The van der Waals surface area contributed by atoms with E-state index in [0.29, 0.717) is 29.4 Å². The Kier molecular flexibility index (Phi) is 7.28. The Hall–Kier alpha value is -3.35. The highest BCUT2D eigenvalue weighted by Gasteiger charge is 2.13. The van der Waals surface area contributed by atoms with Crippen molar-refractivity contribution in [3.63, 3.8) is 0 Å². The van der Waals surface area contributed by atoms with Gasteiger partial charge in [0.15, 0.2) is 11.5 Å². The van der Waals surface area contributed by atoms with Crippen molar-refractivity contribution in [2.24, 2.45) is 0 Å². The van der Waals surface area contributed by atoms with E-state index < -0.39 is 12.8 Å². The van der Waals surface area contributed by atoms with Gasteiger partial charge in [-0.3, -0.25) is 9.78 Å². The van der Waals surface area contributed by atoms with Gasteiger partial charge in [-0.25, -0.2) is 4.39 Å². The normalized spacial score (nSPS) is 11.8. The lowest BCUT2D eigenvalue weighted by Crippen LogP contribution is -2.13. The molecule has 1 heterocycles. The molecule has 164 valence electrons. The van der Waals surface area contributed by atoms with Crippen molar-refractivity contribution in [1.82, 2.24) is 4.98 Å². The van der Waals surface area contributed by atoms with Crippen LogP contribution in [0.3, 0.4) is 0 Å². The van der Waals surface area contributed by atoms with Gasteiger partial charge in [-0.15, -0.1) is 0 Å². The van der Waals surface area contributed by atoms with Gasteiger partial charge < -0.3 is 18.9 Å². The lowest BCUT2D eigenvalue weighted by Gasteiger charge is -2.14. The van der Waals surface area contributed by atoms with Gasteiger partial charge >= 0.3 is 5.97 Å². The lowest BCUT2D eigenvalue weighted by atomic mass is 10.0. The Morgan fingerprint density at radius 2 is 1.74 bits per heavy atom. The molecule has 0 aliphatic heterocycles. The number of fused-ring (bicyclic) bond motifs is 1. The lowest BCUT2D eigenvalue weighted by molar-refractivity contribution is -0.142. The van der Waals surface area contributed by atoms with Gasteiger partial charge in [0.25, 0.3) is 0 Å². The zero-order valence-electron chi connectivity index (χ0n) is 18.1. The van der Waals surface area contributed by atoms with Gasteiger partial charge in [0.05, 0.1) is 25.6 Å². The predicted octanol–water partition coefficient (Wildman–Crippen LogP) is 4.64. The molecule has 0 saturated heterocycles. The Morgan fingerprint density at radius 1 is 1.06 bits per heavy atom. The first-order chi connectivity index (χ1) is 14.9. The van der Waals surface area contributed by atoms with Gasteiger partial charge in [-0.2, -0.15) is 0 Å². The number of ether oxygens (including phenoxy) is 4. The van der Waals surface area contributed by atoms with Crippen LogP contribution in [0.1, 0.15) is 30.8 Å². The molecule has 0 N–H and O–H groups in total. The SMILES string of the molecule is COc1cc2cc(COC(C)=O)nc(Cc3ccc(OC(C)CF)cc3)c2cc1OC. The van der Waals surface area contributed by atoms with E-state index in [2.05, 4.69) is 0 Å². The van der Waals surface area contributed by atoms with Gasteiger partial charge in [-0.05, 0) is 48.2 Å². The Labute approximate surface area is 180 Å². The number of aromatic nitrogens is 1. The summed E-state index contributed by atoms with van der Waals surface area (Å²) in [5, 5.41) is 1.82. The monoisotopic (exact) mass is 427 g/mol. The van der Waals surface area contributed by atoms with Crippen LogP contribution in [0.4, 0.5) is 4.39 Å². The first-order valence-electron chi connectivity index (χ1n) is 9.93. The fourth-order valence-electron chi connectivity index (χ4n) is 3.24. The Morgan fingerprint density at radius 3 is 2.35 bits per heavy atom. The number of benzene rings is 2. The number of hydrogen-bond acceptors (Lipinski definition) is 6. The Balaban J connectivity index is 1.98. The van der Waals surface area contributed by atoms with E-state index in [1.54, 1.807) is 21.1 Å². The second-order valence-electron chi connectivity index (χ2n) is 7.17. The zero-order valence-corrected chi connectivity index (χ0v) is 18.1. The highest BCUT2D eigenvalue weighted by molar-refractivity contribution is 5.88. The van der Waals surface area contributed by atoms with E-state index in [-0.39, 0.29) is 12.6 Å². The average Bonchev–Trinajstić information content (AvgIpc) is 2.77. The molecule has 3 rings (SSSR count). The minimum Gasteiger partial charge on any atom is -0.493 e. The van der Waals surface area contributed by atoms with Crippen LogP contribution in [0, 0.1) is 0 Å². The van der Waals surface area contributed by atoms with Crippen molar-refractivity contribution in [3.8, 4) is 17.2 Å². The van der Waals surface area contributed by atoms with Crippen molar-refractivity contribution in [3.05, 3.63) is 59.4 Å². The third-order valence-corrected chi connectivity index (χ3v) is 4.74. The van der Waals surface area contributed by atoms with Crippen LogP contribution in [0.5, 0.6) is 17.2 Å². The third kappa shape index (κ3) is 5.63. The molecule has 3 aromatic rings. The molecule has 0 aliphatic carbocycles. The maximum absolute atomic E-state index is 12.7. The largest absolute Gasteiger partial charge is 0.493 e. The quantitative estimate of drug-likeness (QED) is 0.464. The number of rotatable bonds is 9. The molecule has 6 nitrogen and oxygen atoms in total. The summed E-state index contributed by atoms with van der Waals surface area (Å²) >= 11 is 0. The molecule has 31 heavy (non-hydrogen) atoms. The predicted molar refractivity (Wildman–Crippen MR) is 116 cm³/mol. The first kappa shape index (κ1) is 22.3. The number of nitrogens with zero attached hydrogens (tertiary/aromatic N) is 1. The number of hydrogen-bond donors (Lipinski definition) is 0. The maximum Gasteiger partial charge on any atom is 0.303 e. The van der Waals surface area contributed by atoms with Crippen molar-refractivity contribution >= 4 is 16.7 Å². The summed E-state index contributed by atoms with van der Waals surface area (Å²) in [7, 11) is 3.17. The molecule has 1 aromatic heterocycles. The van der Waals surface area contributed by atoms with Gasteiger partial charge in [-0.1, -0.05) is 12.1 Å². The molecule has 7 heteroatoms. The summed E-state index contributed by atoms with van der Waals surface area (Å²) in [5.41, 5.74) is 2.46. The fraction of sp³-hybridized carbons (Fsp3) is 0.333. The second kappa shape index (κ2) is 10.1. The summed E-state index contributed by atoms with van der Waals surface area (Å²) < 4.78 is 34.2. The summed E-state index contributed by atoms with van der Waals surface area (Å²) in [5.74, 6) is 1.46. The second-order valence-corrected chi connectivity index (χ2v) is 7.17.